The van der Waals surface area contributed by atoms with Crippen LogP contribution in [0.15, 0.2) is 82.2 Å². The van der Waals surface area contributed by atoms with Crippen LogP contribution < -0.4 is 9.62 Å². The molecule has 0 heterocycles. The minimum Gasteiger partial charge on any atom is -0.352 e. The fraction of sp³-hybridized carbons (Fsp3) is 0.310. The van der Waals surface area contributed by atoms with E-state index < -0.39 is 28.5 Å². The highest BCUT2D eigenvalue weighted by molar-refractivity contribution is 9.10. The van der Waals surface area contributed by atoms with Crippen LogP contribution >= 0.6 is 39.1 Å². The number of nitrogens with zero attached hydrogens (tertiary/aromatic N) is 2. The predicted molar refractivity (Wildman–Crippen MR) is 162 cm³/mol. The van der Waals surface area contributed by atoms with E-state index in [1.165, 1.54) is 35.2 Å². The fourth-order valence-corrected chi connectivity index (χ4v) is 7.18. The van der Waals surface area contributed by atoms with Gasteiger partial charge in [-0.05, 0) is 67.8 Å². The quantitative estimate of drug-likeness (QED) is 0.270. The smallest absolute Gasteiger partial charge is 0.264 e. The van der Waals surface area contributed by atoms with Crippen LogP contribution in [0.5, 0.6) is 0 Å². The number of benzene rings is 3. The Morgan fingerprint density at radius 2 is 1.70 bits per heavy atom. The molecule has 3 aromatic rings. The number of halogens is 3. The van der Waals surface area contributed by atoms with Gasteiger partial charge in [-0.15, -0.1) is 0 Å². The van der Waals surface area contributed by atoms with E-state index in [0.717, 1.165) is 40.0 Å². The first-order chi connectivity index (χ1) is 19.1. The number of sulfonamides is 1. The molecule has 0 saturated heterocycles. The van der Waals surface area contributed by atoms with Crippen molar-refractivity contribution in [3.8, 4) is 0 Å². The zero-order chi connectivity index (χ0) is 28.9. The molecule has 1 N–H and O–H groups in total. The number of rotatable bonds is 10. The summed E-state index contributed by atoms with van der Waals surface area (Å²) >= 11 is 16.0. The van der Waals surface area contributed by atoms with Crippen LogP contribution in [0.4, 0.5) is 5.69 Å². The highest BCUT2D eigenvalue weighted by atomic mass is 79.9. The zero-order valence-electron chi connectivity index (χ0n) is 21.9. The van der Waals surface area contributed by atoms with Gasteiger partial charge in [-0.25, -0.2) is 8.42 Å². The maximum atomic E-state index is 14.0. The molecule has 1 aliphatic rings. The summed E-state index contributed by atoms with van der Waals surface area (Å²) in [7, 11) is -4.21. The Morgan fingerprint density at radius 1 is 1.00 bits per heavy atom. The summed E-state index contributed by atoms with van der Waals surface area (Å²) in [6, 6.07) is 18.8. The van der Waals surface area contributed by atoms with Gasteiger partial charge >= 0.3 is 0 Å². The second-order valence-electron chi connectivity index (χ2n) is 9.74. The molecule has 1 atom stereocenters. The molecular formula is C29H30BrCl2N3O4S. The lowest BCUT2D eigenvalue weighted by molar-refractivity contribution is -0.139. The number of hydrogen-bond acceptors (Lipinski definition) is 4. The molecular weight excluding hydrogens is 637 g/mol. The molecule has 0 aromatic heterocycles. The first-order valence-corrected chi connectivity index (χ1v) is 15.9. The minimum absolute atomic E-state index is 0.000573. The maximum Gasteiger partial charge on any atom is 0.264 e. The number of amides is 2. The second kappa shape index (κ2) is 13.4. The van der Waals surface area contributed by atoms with Crippen molar-refractivity contribution in [3.05, 3.63) is 92.9 Å². The summed E-state index contributed by atoms with van der Waals surface area (Å²) in [4.78, 5) is 28.7. The SMILES string of the molecule is CC(C(=O)NC1CCCC1)N(Cc1cccc(Br)c1)C(=O)CN(c1ccc(Cl)cc1Cl)S(=O)(=O)c1ccccc1. The van der Waals surface area contributed by atoms with Crippen molar-refractivity contribution >= 4 is 66.7 Å². The van der Waals surface area contributed by atoms with Crippen molar-refractivity contribution in [1.82, 2.24) is 10.2 Å². The summed E-state index contributed by atoms with van der Waals surface area (Å²) in [6.07, 6.45) is 3.90. The van der Waals surface area contributed by atoms with Gasteiger partial charge in [-0.1, -0.05) is 82.3 Å². The number of carbonyl (C=O) groups excluding carboxylic acids is 2. The van der Waals surface area contributed by atoms with E-state index in [2.05, 4.69) is 21.2 Å². The molecule has 212 valence electrons. The zero-order valence-corrected chi connectivity index (χ0v) is 25.8. The Morgan fingerprint density at radius 3 is 2.35 bits per heavy atom. The van der Waals surface area contributed by atoms with Gasteiger partial charge in [-0.2, -0.15) is 0 Å². The van der Waals surface area contributed by atoms with Gasteiger partial charge in [-0.3, -0.25) is 13.9 Å². The molecule has 40 heavy (non-hydrogen) atoms. The highest BCUT2D eigenvalue weighted by Gasteiger charge is 2.34. The highest BCUT2D eigenvalue weighted by Crippen LogP contribution is 2.33. The summed E-state index contributed by atoms with van der Waals surface area (Å²) in [5.41, 5.74) is 0.888. The first kappa shape index (κ1) is 30.4. The first-order valence-electron chi connectivity index (χ1n) is 12.9. The number of anilines is 1. The Hall–Kier alpha value is -2.59. The summed E-state index contributed by atoms with van der Waals surface area (Å²) in [6.45, 7) is 1.18. The van der Waals surface area contributed by atoms with Crippen molar-refractivity contribution in [3.63, 3.8) is 0 Å². The van der Waals surface area contributed by atoms with E-state index in [0.29, 0.717) is 5.02 Å². The van der Waals surface area contributed by atoms with Crippen molar-refractivity contribution in [2.45, 2.75) is 56.1 Å². The molecule has 0 aliphatic heterocycles. The third-order valence-corrected chi connectivity index (χ3v) is 9.70. The predicted octanol–water partition coefficient (Wildman–Crippen LogP) is 6.43. The van der Waals surface area contributed by atoms with E-state index in [1.807, 2.05) is 24.3 Å². The lowest BCUT2D eigenvalue weighted by Crippen LogP contribution is -2.52. The largest absolute Gasteiger partial charge is 0.352 e. The normalized spacial score (nSPS) is 14.5. The van der Waals surface area contributed by atoms with Gasteiger partial charge in [0.05, 0.1) is 15.6 Å². The lowest BCUT2D eigenvalue weighted by Gasteiger charge is -2.32. The van der Waals surface area contributed by atoms with E-state index in [1.54, 1.807) is 25.1 Å². The van der Waals surface area contributed by atoms with E-state index in [4.69, 9.17) is 23.2 Å². The van der Waals surface area contributed by atoms with Gasteiger partial charge in [0.15, 0.2) is 0 Å². The second-order valence-corrected chi connectivity index (χ2v) is 13.4. The van der Waals surface area contributed by atoms with Crippen LogP contribution in [-0.4, -0.2) is 43.8 Å². The van der Waals surface area contributed by atoms with E-state index in [9.17, 15) is 18.0 Å². The Bertz CT molecular complexity index is 1470. The van der Waals surface area contributed by atoms with Gasteiger partial charge in [0, 0.05) is 22.1 Å². The molecule has 1 fully saturated rings. The standard InChI is InChI=1S/C29H30BrCl2N3O4S/c1-20(29(37)33-24-10-5-6-11-24)34(18-21-8-7-9-22(30)16-21)28(36)19-35(27-15-14-23(31)17-26(27)32)40(38,39)25-12-3-2-4-13-25/h2-4,7-9,12-17,20,24H,5-6,10-11,18-19H2,1H3,(H,33,37). The van der Waals surface area contributed by atoms with Crippen molar-refractivity contribution in [1.29, 1.82) is 0 Å². The van der Waals surface area contributed by atoms with E-state index >= 15 is 0 Å². The topological polar surface area (TPSA) is 86.8 Å². The maximum absolute atomic E-state index is 14.0. The third kappa shape index (κ3) is 7.37. The van der Waals surface area contributed by atoms with Crippen LogP contribution in [0.1, 0.15) is 38.2 Å². The van der Waals surface area contributed by atoms with Crippen LogP contribution in [-0.2, 0) is 26.2 Å². The van der Waals surface area contributed by atoms with Crippen LogP contribution in [0.25, 0.3) is 0 Å². The number of nitrogens with one attached hydrogen (secondary N) is 1. The summed E-state index contributed by atoms with van der Waals surface area (Å²) in [5, 5.41) is 3.46. The van der Waals surface area contributed by atoms with Crippen LogP contribution in [0.3, 0.4) is 0 Å². The molecule has 1 aliphatic carbocycles. The lowest BCUT2D eigenvalue weighted by atomic mass is 10.1. The Balaban J connectivity index is 1.70. The Labute approximate surface area is 253 Å². The third-order valence-electron chi connectivity index (χ3n) is 6.90. The van der Waals surface area contributed by atoms with Gasteiger partial charge in [0.1, 0.15) is 12.6 Å². The summed E-state index contributed by atoms with van der Waals surface area (Å²) < 4.78 is 29.5. The van der Waals surface area contributed by atoms with Crippen LogP contribution in [0, 0.1) is 0 Å². The monoisotopic (exact) mass is 665 g/mol. The Kier molecular flexibility index (Phi) is 10.2. The van der Waals surface area contributed by atoms with Gasteiger partial charge < -0.3 is 10.2 Å². The average molecular weight is 667 g/mol. The molecule has 1 saturated carbocycles. The molecule has 2 amide bonds. The molecule has 0 radical (unpaired) electrons. The molecule has 1 unspecified atom stereocenters. The van der Waals surface area contributed by atoms with Gasteiger partial charge in [0.2, 0.25) is 11.8 Å². The number of carbonyl (C=O) groups is 2. The van der Waals surface area contributed by atoms with Crippen molar-refractivity contribution in [2.75, 3.05) is 10.8 Å². The van der Waals surface area contributed by atoms with Crippen molar-refractivity contribution < 1.29 is 18.0 Å². The molecule has 0 spiro atoms. The fourth-order valence-electron chi connectivity index (χ4n) is 4.72. The van der Waals surface area contributed by atoms with Crippen LogP contribution in [0.2, 0.25) is 10.0 Å². The van der Waals surface area contributed by atoms with Crippen molar-refractivity contribution in [2.24, 2.45) is 0 Å². The van der Waals surface area contributed by atoms with E-state index in [-0.39, 0.29) is 34.1 Å². The molecule has 0 bridgehead atoms. The van der Waals surface area contributed by atoms with Gasteiger partial charge in [0.25, 0.3) is 10.0 Å². The molecule has 4 rings (SSSR count). The molecule has 3 aromatic carbocycles. The number of hydrogen-bond donors (Lipinski definition) is 1. The average Bonchev–Trinajstić information content (AvgIpc) is 3.44. The summed E-state index contributed by atoms with van der Waals surface area (Å²) in [5.74, 6) is -0.836. The molecule has 7 nitrogen and oxygen atoms in total. The minimum atomic E-state index is -4.21. The molecule has 11 heteroatoms.